The smallest absolute Gasteiger partial charge is 0.143 e. The van der Waals surface area contributed by atoms with E-state index in [9.17, 15) is 9.59 Å². The Bertz CT molecular complexity index is 360. The normalized spacial score (nSPS) is 18.4. The predicted octanol–water partition coefficient (Wildman–Crippen LogP) is 2.78. The summed E-state index contributed by atoms with van der Waals surface area (Å²) in [6, 6.07) is 0. The lowest BCUT2D eigenvalue weighted by atomic mass is 9.97. The summed E-state index contributed by atoms with van der Waals surface area (Å²) in [7, 11) is 0. The molecule has 0 amide bonds. The second-order valence-corrected chi connectivity index (χ2v) is 4.38. The number of ketones is 2. The van der Waals surface area contributed by atoms with Crippen LogP contribution in [0.3, 0.4) is 0 Å². The predicted molar refractivity (Wildman–Crippen MR) is 67.4 cm³/mol. The van der Waals surface area contributed by atoms with Crippen molar-refractivity contribution in [2.75, 3.05) is 0 Å². The van der Waals surface area contributed by atoms with Crippen LogP contribution in [0, 0.1) is 11.8 Å². The molecule has 0 fully saturated rings. The Hall–Kier alpha value is -1.70. The second-order valence-electron chi connectivity index (χ2n) is 4.38. The zero-order chi connectivity index (χ0) is 12.1. The van der Waals surface area contributed by atoms with Gasteiger partial charge in [-0.2, -0.15) is 0 Å². The Balaban J connectivity index is 1.69. The SMILES string of the molecule is O=C(CCCC(=O)C1C=CC=C1)C1C=CC=C1. The molecule has 88 valence electrons. The van der Waals surface area contributed by atoms with Crippen LogP contribution < -0.4 is 0 Å². The molecular weight excluding hydrogens is 212 g/mol. The molecule has 2 heteroatoms. The lowest BCUT2D eigenvalue weighted by molar-refractivity contribution is -0.121. The van der Waals surface area contributed by atoms with Crippen LogP contribution in [0.25, 0.3) is 0 Å². The molecule has 0 saturated carbocycles. The molecule has 0 heterocycles. The van der Waals surface area contributed by atoms with Gasteiger partial charge in [0.1, 0.15) is 11.6 Å². The summed E-state index contributed by atoms with van der Waals surface area (Å²) in [4.78, 5) is 23.4. The van der Waals surface area contributed by atoms with E-state index < -0.39 is 0 Å². The van der Waals surface area contributed by atoms with Crippen LogP contribution in [0.1, 0.15) is 19.3 Å². The van der Waals surface area contributed by atoms with E-state index in [1.165, 1.54) is 0 Å². The van der Waals surface area contributed by atoms with Crippen molar-refractivity contribution >= 4 is 11.6 Å². The number of allylic oxidation sites excluding steroid dienone is 8. The highest BCUT2D eigenvalue weighted by Crippen LogP contribution is 2.16. The highest BCUT2D eigenvalue weighted by molar-refractivity contribution is 5.87. The third-order valence-corrected chi connectivity index (χ3v) is 3.09. The molecule has 0 spiro atoms. The molecule has 0 atom stereocenters. The van der Waals surface area contributed by atoms with E-state index in [4.69, 9.17) is 0 Å². The third kappa shape index (κ3) is 3.13. The number of carbonyl (C=O) groups excluding carboxylic acids is 2. The average molecular weight is 228 g/mol. The molecule has 0 aliphatic heterocycles. The molecule has 0 saturated heterocycles. The van der Waals surface area contributed by atoms with E-state index in [0.29, 0.717) is 19.3 Å². The molecule has 0 aromatic carbocycles. The molecule has 2 nitrogen and oxygen atoms in total. The van der Waals surface area contributed by atoms with Crippen LogP contribution >= 0.6 is 0 Å². The molecule has 0 radical (unpaired) electrons. The monoisotopic (exact) mass is 228 g/mol. The summed E-state index contributed by atoms with van der Waals surface area (Å²) < 4.78 is 0. The molecule has 0 aromatic heterocycles. The minimum atomic E-state index is -0.0589. The first-order valence-corrected chi connectivity index (χ1v) is 6.03. The fourth-order valence-electron chi connectivity index (χ4n) is 2.06. The number of hydrogen-bond acceptors (Lipinski definition) is 2. The largest absolute Gasteiger partial charge is 0.299 e. The number of rotatable bonds is 6. The lowest BCUT2D eigenvalue weighted by Crippen LogP contribution is -2.11. The summed E-state index contributed by atoms with van der Waals surface area (Å²) in [5.74, 6) is 0.299. The minimum absolute atomic E-state index is 0.0589. The summed E-state index contributed by atoms with van der Waals surface area (Å²) in [5, 5.41) is 0. The molecule has 0 unspecified atom stereocenters. The van der Waals surface area contributed by atoms with Gasteiger partial charge in [0.15, 0.2) is 0 Å². The molecule has 2 aliphatic rings. The average Bonchev–Trinajstić information content (AvgIpc) is 3.02. The maximum absolute atomic E-state index is 11.7. The van der Waals surface area contributed by atoms with Gasteiger partial charge >= 0.3 is 0 Å². The second kappa shape index (κ2) is 5.58. The van der Waals surface area contributed by atoms with Crippen LogP contribution in [-0.4, -0.2) is 11.6 Å². The first-order chi connectivity index (χ1) is 8.27. The summed E-state index contributed by atoms with van der Waals surface area (Å²) >= 11 is 0. The van der Waals surface area contributed by atoms with E-state index in [1.54, 1.807) is 0 Å². The molecule has 2 rings (SSSR count). The molecule has 0 N–H and O–H groups in total. The third-order valence-electron chi connectivity index (χ3n) is 3.09. The van der Waals surface area contributed by atoms with Crippen molar-refractivity contribution in [3.8, 4) is 0 Å². The van der Waals surface area contributed by atoms with E-state index in [1.807, 2.05) is 48.6 Å². The molecule has 0 aromatic rings. The van der Waals surface area contributed by atoms with E-state index in [-0.39, 0.29) is 23.4 Å². The zero-order valence-corrected chi connectivity index (χ0v) is 9.71. The van der Waals surface area contributed by atoms with Crippen LogP contribution in [0.2, 0.25) is 0 Å². The first-order valence-electron chi connectivity index (χ1n) is 6.03. The van der Waals surface area contributed by atoms with E-state index >= 15 is 0 Å². The van der Waals surface area contributed by atoms with Crippen molar-refractivity contribution in [2.45, 2.75) is 19.3 Å². The summed E-state index contributed by atoms with van der Waals surface area (Å²) in [5.41, 5.74) is 0. The first kappa shape index (κ1) is 11.8. The van der Waals surface area contributed by atoms with Gasteiger partial charge < -0.3 is 0 Å². The Morgan fingerprint density at radius 2 is 1.06 bits per heavy atom. The van der Waals surface area contributed by atoms with Crippen LogP contribution in [0.4, 0.5) is 0 Å². The lowest BCUT2D eigenvalue weighted by Gasteiger charge is -2.06. The summed E-state index contributed by atoms with van der Waals surface area (Å²) in [6.07, 6.45) is 16.8. The fraction of sp³-hybridized carbons (Fsp3) is 0.333. The standard InChI is InChI=1S/C15H16O2/c16-14(12-6-1-2-7-12)10-5-11-15(17)13-8-3-4-9-13/h1-4,6-9,12-13H,5,10-11H2. The van der Waals surface area contributed by atoms with Crippen molar-refractivity contribution in [2.24, 2.45) is 11.8 Å². The van der Waals surface area contributed by atoms with Gasteiger partial charge in [-0.3, -0.25) is 9.59 Å². The Morgan fingerprint density at radius 3 is 1.41 bits per heavy atom. The van der Waals surface area contributed by atoms with Gasteiger partial charge in [-0.1, -0.05) is 48.6 Å². The van der Waals surface area contributed by atoms with Crippen molar-refractivity contribution in [1.82, 2.24) is 0 Å². The highest BCUT2D eigenvalue weighted by atomic mass is 16.1. The van der Waals surface area contributed by atoms with Crippen molar-refractivity contribution in [3.05, 3.63) is 48.6 Å². The van der Waals surface area contributed by atoms with Crippen LogP contribution in [0.15, 0.2) is 48.6 Å². The maximum Gasteiger partial charge on any atom is 0.143 e. The number of Topliss-reactive ketones (excluding diaryl/α,β-unsaturated/α-hetero) is 2. The minimum Gasteiger partial charge on any atom is -0.299 e. The molecular formula is C15H16O2. The van der Waals surface area contributed by atoms with E-state index in [0.717, 1.165) is 0 Å². The van der Waals surface area contributed by atoms with Gasteiger partial charge in [-0.05, 0) is 6.42 Å². The highest BCUT2D eigenvalue weighted by Gasteiger charge is 2.17. The van der Waals surface area contributed by atoms with Gasteiger partial charge in [-0.15, -0.1) is 0 Å². The van der Waals surface area contributed by atoms with Gasteiger partial charge in [0, 0.05) is 12.8 Å². The van der Waals surface area contributed by atoms with Crippen molar-refractivity contribution in [3.63, 3.8) is 0 Å². The maximum atomic E-state index is 11.7. The number of carbonyl (C=O) groups is 2. The topological polar surface area (TPSA) is 34.1 Å². The number of hydrogen-bond donors (Lipinski definition) is 0. The zero-order valence-electron chi connectivity index (χ0n) is 9.71. The fourth-order valence-corrected chi connectivity index (χ4v) is 2.06. The Labute approximate surface area is 101 Å². The van der Waals surface area contributed by atoms with Crippen LogP contribution in [0.5, 0.6) is 0 Å². The van der Waals surface area contributed by atoms with Crippen molar-refractivity contribution < 1.29 is 9.59 Å². The quantitative estimate of drug-likeness (QED) is 0.700. The van der Waals surface area contributed by atoms with Gasteiger partial charge in [0.2, 0.25) is 0 Å². The molecule has 0 bridgehead atoms. The summed E-state index contributed by atoms with van der Waals surface area (Å²) in [6.45, 7) is 0. The molecule has 2 aliphatic carbocycles. The van der Waals surface area contributed by atoms with Gasteiger partial charge in [0.25, 0.3) is 0 Å². The van der Waals surface area contributed by atoms with Gasteiger partial charge in [-0.25, -0.2) is 0 Å². The Morgan fingerprint density at radius 1 is 0.706 bits per heavy atom. The van der Waals surface area contributed by atoms with Gasteiger partial charge in [0.05, 0.1) is 11.8 Å². The van der Waals surface area contributed by atoms with E-state index in [2.05, 4.69) is 0 Å². The Kier molecular flexibility index (Phi) is 3.86. The molecule has 17 heavy (non-hydrogen) atoms. The van der Waals surface area contributed by atoms with Crippen molar-refractivity contribution in [1.29, 1.82) is 0 Å². The van der Waals surface area contributed by atoms with Crippen LogP contribution in [-0.2, 0) is 9.59 Å².